The number of aromatic nitrogens is 3. The molecule has 0 saturated heterocycles. The SMILES string of the molecule is O=c1[nH]c(CO)nn1-c1ccc(Cl)cc1. The number of aliphatic hydroxyl groups is 1. The van der Waals surface area contributed by atoms with E-state index in [0.29, 0.717) is 10.7 Å². The van der Waals surface area contributed by atoms with Crippen molar-refractivity contribution in [3.8, 4) is 5.69 Å². The largest absolute Gasteiger partial charge is 0.388 e. The van der Waals surface area contributed by atoms with E-state index in [-0.39, 0.29) is 18.1 Å². The van der Waals surface area contributed by atoms with Crippen molar-refractivity contribution < 1.29 is 5.11 Å². The lowest BCUT2D eigenvalue weighted by molar-refractivity contribution is 0.271. The van der Waals surface area contributed by atoms with Crippen molar-refractivity contribution in [1.29, 1.82) is 0 Å². The quantitative estimate of drug-likeness (QED) is 0.791. The summed E-state index contributed by atoms with van der Waals surface area (Å²) in [5.41, 5.74) is 0.210. The molecule has 0 saturated carbocycles. The lowest BCUT2D eigenvalue weighted by Crippen LogP contribution is -2.15. The Morgan fingerprint density at radius 1 is 1.40 bits per heavy atom. The Labute approximate surface area is 89.9 Å². The average Bonchev–Trinajstić information content (AvgIpc) is 2.61. The van der Waals surface area contributed by atoms with Crippen LogP contribution in [-0.4, -0.2) is 19.9 Å². The Balaban J connectivity index is 2.49. The molecule has 78 valence electrons. The van der Waals surface area contributed by atoms with Gasteiger partial charge in [-0.05, 0) is 24.3 Å². The monoisotopic (exact) mass is 225 g/mol. The second-order valence-electron chi connectivity index (χ2n) is 2.92. The number of hydrogen-bond donors (Lipinski definition) is 2. The number of rotatable bonds is 2. The minimum atomic E-state index is -0.388. The van der Waals surface area contributed by atoms with E-state index in [1.165, 1.54) is 4.68 Å². The highest BCUT2D eigenvalue weighted by atomic mass is 35.5. The maximum absolute atomic E-state index is 11.4. The second kappa shape index (κ2) is 3.88. The predicted octanol–water partition coefficient (Wildman–Crippen LogP) is 0.706. The Hall–Kier alpha value is -1.59. The molecule has 1 aromatic carbocycles. The zero-order chi connectivity index (χ0) is 10.8. The van der Waals surface area contributed by atoms with Gasteiger partial charge < -0.3 is 5.11 Å². The topological polar surface area (TPSA) is 70.9 Å². The van der Waals surface area contributed by atoms with Crippen LogP contribution in [0.4, 0.5) is 0 Å². The molecule has 0 aliphatic heterocycles. The molecule has 0 bridgehead atoms. The van der Waals surface area contributed by atoms with E-state index >= 15 is 0 Å². The maximum atomic E-state index is 11.4. The number of aliphatic hydroxyl groups excluding tert-OH is 1. The van der Waals surface area contributed by atoms with Gasteiger partial charge in [0.1, 0.15) is 6.61 Å². The molecule has 1 heterocycles. The summed E-state index contributed by atoms with van der Waals surface area (Å²) in [6, 6.07) is 6.67. The van der Waals surface area contributed by atoms with Crippen LogP contribution in [0.5, 0.6) is 0 Å². The van der Waals surface area contributed by atoms with Gasteiger partial charge in [0.25, 0.3) is 0 Å². The smallest absolute Gasteiger partial charge is 0.348 e. The number of H-pyrrole nitrogens is 1. The van der Waals surface area contributed by atoms with E-state index in [1.807, 2.05) is 0 Å². The molecule has 2 aromatic rings. The molecule has 5 nitrogen and oxygen atoms in total. The van der Waals surface area contributed by atoms with Crippen LogP contribution < -0.4 is 5.69 Å². The lowest BCUT2D eigenvalue weighted by atomic mass is 10.3. The first-order valence-electron chi connectivity index (χ1n) is 4.26. The number of halogens is 1. The van der Waals surface area contributed by atoms with Crippen LogP contribution >= 0.6 is 11.6 Å². The molecule has 0 amide bonds. The number of nitrogens with zero attached hydrogens (tertiary/aromatic N) is 2. The molecule has 2 N–H and O–H groups in total. The summed E-state index contributed by atoms with van der Waals surface area (Å²) in [6.07, 6.45) is 0. The predicted molar refractivity (Wildman–Crippen MR) is 55.1 cm³/mol. The first-order chi connectivity index (χ1) is 7.20. The van der Waals surface area contributed by atoms with E-state index in [0.717, 1.165) is 0 Å². The normalized spacial score (nSPS) is 10.5. The van der Waals surface area contributed by atoms with Crippen molar-refractivity contribution in [3.05, 3.63) is 45.6 Å². The molecular formula is C9H8ClN3O2. The van der Waals surface area contributed by atoms with Crippen molar-refractivity contribution in [1.82, 2.24) is 14.8 Å². The molecule has 15 heavy (non-hydrogen) atoms. The number of benzene rings is 1. The van der Waals surface area contributed by atoms with Crippen LogP contribution in [0.2, 0.25) is 5.02 Å². The highest BCUT2D eigenvalue weighted by molar-refractivity contribution is 6.30. The Kier molecular flexibility index (Phi) is 2.57. The minimum Gasteiger partial charge on any atom is -0.388 e. The molecule has 0 spiro atoms. The molecule has 2 rings (SSSR count). The lowest BCUT2D eigenvalue weighted by Gasteiger charge is -1.98. The van der Waals surface area contributed by atoms with Crippen molar-refractivity contribution in [2.75, 3.05) is 0 Å². The number of hydrogen-bond acceptors (Lipinski definition) is 3. The van der Waals surface area contributed by atoms with Gasteiger partial charge >= 0.3 is 5.69 Å². The van der Waals surface area contributed by atoms with E-state index in [4.69, 9.17) is 16.7 Å². The first-order valence-corrected chi connectivity index (χ1v) is 4.63. The van der Waals surface area contributed by atoms with Crippen LogP contribution in [0.15, 0.2) is 29.1 Å². The maximum Gasteiger partial charge on any atom is 0.348 e. The highest BCUT2D eigenvalue weighted by Crippen LogP contribution is 2.11. The third kappa shape index (κ3) is 1.93. The van der Waals surface area contributed by atoms with Crippen LogP contribution in [0, 0.1) is 0 Å². The van der Waals surface area contributed by atoms with Gasteiger partial charge in [0.15, 0.2) is 5.82 Å². The summed E-state index contributed by atoms with van der Waals surface area (Å²) in [5, 5.41) is 13.3. The molecule has 1 aromatic heterocycles. The van der Waals surface area contributed by atoms with Crippen molar-refractivity contribution >= 4 is 11.6 Å². The first kappa shape index (κ1) is 9.95. The fourth-order valence-electron chi connectivity index (χ4n) is 1.20. The Bertz CT molecular complexity index is 515. The van der Waals surface area contributed by atoms with Crippen molar-refractivity contribution in [3.63, 3.8) is 0 Å². The van der Waals surface area contributed by atoms with Crippen molar-refractivity contribution in [2.24, 2.45) is 0 Å². The van der Waals surface area contributed by atoms with Gasteiger partial charge in [-0.2, -0.15) is 4.68 Å². The van der Waals surface area contributed by atoms with Gasteiger partial charge in [0.05, 0.1) is 5.69 Å². The Morgan fingerprint density at radius 3 is 2.60 bits per heavy atom. The summed E-state index contributed by atoms with van der Waals surface area (Å²) in [4.78, 5) is 13.8. The summed E-state index contributed by atoms with van der Waals surface area (Å²) >= 11 is 5.72. The zero-order valence-electron chi connectivity index (χ0n) is 7.64. The van der Waals surface area contributed by atoms with Gasteiger partial charge in [-0.1, -0.05) is 11.6 Å². The summed E-state index contributed by atoms with van der Waals surface area (Å²) in [7, 11) is 0. The van der Waals surface area contributed by atoms with E-state index < -0.39 is 0 Å². The summed E-state index contributed by atoms with van der Waals surface area (Å²) < 4.78 is 1.17. The van der Waals surface area contributed by atoms with Crippen LogP contribution in [0.3, 0.4) is 0 Å². The number of nitrogens with one attached hydrogen (secondary N) is 1. The van der Waals surface area contributed by atoms with Gasteiger partial charge in [0.2, 0.25) is 0 Å². The molecule has 0 unspecified atom stereocenters. The van der Waals surface area contributed by atoms with E-state index in [9.17, 15) is 4.79 Å². The molecule has 0 aliphatic rings. The van der Waals surface area contributed by atoms with Crippen LogP contribution in [0.25, 0.3) is 5.69 Å². The minimum absolute atomic E-state index is 0.231. The van der Waals surface area contributed by atoms with Crippen molar-refractivity contribution in [2.45, 2.75) is 6.61 Å². The third-order valence-electron chi connectivity index (χ3n) is 1.89. The van der Waals surface area contributed by atoms with E-state index in [2.05, 4.69) is 10.1 Å². The molecule has 6 heteroatoms. The van der Waals surface area contributed by atoms with Gasteiger partial charge in [-0.25, -0.2) is 4.79 Å². The molecule has 0 radical (unpaired) electrons. The fourth-order valence-corrected chi connectivity index (χ4v) is 1.32. The molecular weight excluding hydrogens is 218 g/mol. The number of aromatic amines is 1. The van der Waals surface area contributed by atoms with Crippen LogP contribution in [-0.2, 0) is 6.61 Å². The molecule has 0 fully saturated rings. The highest BCUT2D eigenvalue weighted by Gasteiger charge is 2.05. The third-order valence-corrected chi connectivity index (χ3v) is 2.14. The fraction of sp³-hybridized carbons (Fsp3) is 0.111. The van der Waals surface area contributed by atoms with Crippen LogP contribution in [0.1, 0.15) is 5.82 Å². The van der Waals surface area contributed by atoms with Gasteiger partial charge in [-0.3, -0.25) is 4.98 Å². The Morgan fingerprint density at radius 2 is 2.07 bits per heavy atom. The average molecular weight is 226 g/mol. The summed E-state index contributed by atoms with van der Waals surface area (Å²) in [5.74, 6) is 0.231. The van der Waals surface area contributed by atoms with Gasteiger partial charge in [0, 0.05) is 5.02 Å². The zero-order valence-corrected chi connectivity index (χ0v) is 8.40. The van der Waals surface area contributed by atoms with Gasteiger partial charge in [-0.15, -0.1) is 5.10 Å². The second-order valence-corrected chi connectivity index (χ2v) is 3.36. The molecule has 0 aliphatic carbocycles. The summed E-state index contributed by atoms with van der Waals surface area (Å²) in [6.45, 7) is -0.296. The molecule has 0 atom stereocenters. The standard InChI is InChI=1S/C9H8ClN3O2/c10-6-1-3-7(4-2-6)13-9(15)11-8(5-14)12-13/h1-4,14H,5H2,(H,11,12,15). The van der Waals surface area contributed by atoms with E-state index in [1.54, 1.807) is 24.3 Å².